The van der Waals surface area contributed by atoms with Gasteiger partial charge in [0.15, 0.2) is 0 Å². The molecule has 40 heavy (non-hydrogen) atoms. The van der Waals surface area contributed by atoms with E-state index in [9.17, 15) is 0 Å². The van der Waals surface area contributed by atoms with Crippen LogP contribution in [0.25, 0.3) is 0 Å². The van der Waals surface area contributed by atoms with Crippen molar-refractivity contribution in [1.82, 2.24) is 0 Å². The third kappa shape index (κ3) is 8.38. The summed E-state index contributed by atoms with van der Waals surface area (Å²) in [5, 5.41) is 8.39. The molecule has 0 atom stereocenters. The molecule has 0 unspecified atom stereocenters. The van der Waals surface area contributed by atoms with Crippen molar-refractivity contribution in [2.75, 3.05) is 0 Å². The molecule has 0 fully saturated rings. The van der Waals surface area contributed by atoms with Crippen LogP contribution >= 0.6 is 15.8 Å². The normalized spacial score (nSPS) is 10.1. The first-order valence-corrected chi connectivity index (χ1v) is 15.5. The van der Waals surface area contributed by atoms with Crippen molar-refractivity contribution >= 4 is 56.1 Å². The predicted molar refractivity (Wildman–Crippen MR) is 176 cm³/mol. The molecule has 198 valence electrons. The zero-order valence-corrected chi connectivity index (χ0v) is 24.8. The summed E-state index contributed by atoms with van der Waals surface area (Å²) < 4.78 is 0. The molecule has 0 saturated carbocycles. The largest absolute Gasteiger partial charge is 0.0622 e. The maximum Gasteiger partial charge on any atom is 0 e. The maximum absolute atomic E-state index is 2.23. The minimum absolute atomic E-state index is 0. The number of rotatable bonds is 6. The van der Waals surface area contributed by atoms with Crippen molar-refractivity contribution < 1.29 is 17.1 Å². The molecule has 0 amide bonds. The van der Waals surface area contributed by atoms with Crippen LogP contribution in [0, 0.1) is 0 Å². The van der Waals surface area contributed by atoms with Crippen molar-refractivity contribution in [2.24, 2.45) is 0 Å². The van der Waals surface area contributed by atoms with Gasteiger partial charge in [0.1, 0.15) is 0 Å². The standard InChI is InChI=1S/2C18H15P.B.Cu/c2*1-4-10-16(11-5-1)19(17-12-6-2-7-13-17)18-14-8-3-9-15-18;;/h2*1-15H;;. The van der Waals surface area contributed by atoms with Crippen LogP contribution in [0.3, 0.4) is 0 Å². The van der Waals surface area contributed by atoms with Gasteiger partial charge in [0, 0.05) is 25.5 Å². The van der Waals surface area contributed by atoms with Crippen LogP contribution in [0.1, 0.15) is 0 Å². The first-order valence-electron chi connectivity index (χ1n) is 12.8. The second-order valence-electron chi connectivity index (χ2n) is 8.68. The van der Waals surface area contributed by atoms with Gasteiger partial charge in [-0.2, -0.15) is 0 Å². The quantitative estimate of drug-likeness (QED) is 0.152. The Hall–Kier alpha value is -3.24. The van der Waals surface area contributed by atoms with Crippen LogP contribution in [0.2, 0.25) is 0 Å². The van der Waals surface area contributed by atoms with Gasteiger partial charge in [0.25, 0.3) is 0 Å². The van der Waals surface area contributed by atoms with Gasteiger partial charge in [-0.05, 0) is 47.7 Å². The molecule has 4 radical (unpaired) electrons. The second kappa shape index (κ2) is 16.8. The van der Waals surface area contributed by atoms with E-state index in [2.05, 4.69) is 182 Å². The molecular formula is C36H30BCuP2. The molecule has 0 aliphatic heterocycles. The average Bonchev–Trinajstić information content (AvgIpc) is 3.01. The Morgan fingerprint density at radius 2 is 0.350 bits per heavy atom. The Morgan fingerprint density at radius 1 is 0.225 bits per heavy atom. The molecular weight excluding hydrogens is 569 g/mol. The molecule has 6 aromatic rings. The van der Waals surface area contributed by atoms with Crippen molar-refractivity contribution in [1.29, 1.82) is 0 Å². The fourth-order valence-corrected chi connectivity index (χ4v) is 8.97. The molecule has 4 heteroatoms. The molecule has 0 heterocycles. The molecule has 0 bridgehead atoms. The van der Waals surface area contributed by atoms with E-state index in [1.54, 1.807) is 0 Å². The number of hydrogen-bond donors (Lipinski definition) is 0. The molecule has 0 nitrogen and oxygen atoms in total. The molecule has 0 saturated heterocycles. The Kier molecular flexibility index (Phi) is 13.1. The predicted octanol–water partition coefficient (Wildman–Crippen LogP) is 6.51. The van der Waals surface area contributed by atoms with Crippen LogP contribution in [0.4, 0.5) is 0 Å². The van der Waals surface area contributed by atoms with Gasteiger partial charge in [-0.25, -0.2) is 0 Å². The van der Waals surface area contributed by atoms with Crippen LogP contribution in [0.15, 0.2) is 182 Å². The van der Waals surface area contributed by atoms with Crippen LogP contribution < -0.4 is 31.8 Å². The summed E-state index contributed by atoms with van der Waals surface area (Å²) in [7, 11) is -0.892. The van der Waals surface area contributed by atoms with E-state index in [0.717, 1.165) is 0 Å². The van der Waals surface area contributed by atoms with E-state index in [1.165, 1.54) is 31.8 Å². The van der Waals surface area contributed by atoms with Crippen molar-refractivity contribution in [3.63, 3.8) is 0 Å². The monoisotopic (exact) mass is 598 g/mol. The van der Waals surface area contributed by atoms with Gasteiger partial charge >= 0.3 is 0 Å². The summed E-state index contributed by atoms with van der Waals surface area (Å²) in [6, 6.07) is 64.7. The Balaban J connectivity index is 0.000000210. The van der Waals surface area contributed by atoms with E-state index < -0.39 is 15.8 Å². The first-order chi connectivity index (χ1) is 18.9. The fraction of sp³-hybridized carbons (Fsp3) is 0. The smallest absolute Gasteiger partial charge is 0 e. The second-order valence-corrected chi connectivity index (χ2v) is 13.1. The third-order valence-corrected chi connectivity index (χ3v) is 11.0. The molecule has 0 N–H and O–H groups in total. The summed E-state index contributed by atoms with van der Waals surface area (Å²) in [6.07, 6.45) is 0. The molecule has 6 aromatic carbocycles. The summed E-state index contributed by atoms with van der Waals surface area (Å²) in [5.41, 5.74) is 0. The zero-order chi connectivity index (χ0) is 25.8. The van der Waals surface area contributed by atoms with E-state index in [0.29, 0.717) is 0 Å². The van der Waals surface area contributed by atoms with Crippen molar-refractivity contribution in [2.45, 2.75) is 0 Å². The van der Waals surface area contributed by atoms with Gasteiger partial charge in [-0.3, -0.25) is 0 Å². The summed E-state index contributed by atoms with van der Waals surface area (Å²) in [5.74, 6) is 0. The van der Waals surface area contributed by atoms with Gasteiger partial charge in [0.05, 0.1) is 0 Å². The SMILES string of the molecule is [B].[Cu].c1ccc(P(c2ccccc2)c2ccccc2)cc1.c1ccc(P(c2ccccc2)c2ccccc2)cc1. The van der Waals surface area contributed by atoms with Crippen molar-refractivity contribution in [3.05, 3.63) is 182 Å². The maximum atomic E-state index is 2.23. The topological polar surface area (TPSA) is 0 Å². The molecule has 0 aliphatic rings. The van der Waals surface area contributed by atoms with Crippen LogP contribution in [0.5, 0.6) is 0 Å². The van der Waals surface area contributed by atoms with E-state index in [-0.39, 0.29) is 25.5 Å². The number of benzene rings is 6. The summed E-state index contributed by atoms with van der Waals surface area (Å²) in [6.45, 7) is 0. The van der Waals surface area contributed by atoms with Gasteiger partial charge in [-0.15, -0.1) is 0 Å². The summed E-state index contributed by atoms with van der Waals surface area (Å²) >= 11 is 0. The average molecular weight is 599 g/mol. The number of hydrogen-bond acceptors (Lipinski definition) is 0. The minimum atomic E-state index is -0.446. The Morgan fingerprint density at radius 3 is 0.475 bits per heavy atom. The third-order valence-electron chi connectivity index (χ3n) is 6.09. The Labute approximate surface area is 254 Å². The van der Waals surface area contributed by atoms with Gasteiger partial charge < -0.3 is 0 Å². The molecule has 6 rings (SSSR count). The first kappa shape index (κ1) is 31.3. The van der Waals surface area contributed by atoms with Crippen molar-refractivity contribution in [3.8, 4) is 0 Å². The molecule has 0 aromatic heterocycles. The van der Waals surface area contributed by atoms with E-state index in [4.69, 9.17) is 0 Å². The zero-order valence-electron chi connectivity index (χ0n) is 22.1. The summed E-state index contributed by atoms with van der Waals surface area (Å²) in [4.78, 5) is 0. The molecule has 0 aliphatic carbocycles. The minimum Gasteiger partial charge on any atom is -0.0622 e. The van der Waals surface area contributed by atoms with Gasteiger partial charge in [0.2, 0.25) is 0 Å². The van der Waals surface area contributed by atoms with E-state index >= 15 is 0 Å². The van der Waals surface area contributed by atoms with E-state index in [1.807, 2.05) is 0 Å². The van der Waals surface area contributed by atoms with Gasteiger partial charge in [-0.1, -0.05) is 182 Å². The van der Waals surface area contributed by atoms with Crippen LogP contribution in [-0.2, 0) is 17.1 Å². The fourth-order valence-electron chi connectivity index (χ4n) is 4.36. The molecule has 0 spiro atoms. The Bertz CT molecular complexity index is 1180. The van der Waals surface area contributed by atoms with Crippen LogP contribution in [-0.4, -0.2) is 8.41 Å².